The van der Waals surface area contributed by atoms with Crippen LogP contribution in [-0.2, 0) is 17.8 Å². The fourth-order valence-electron chi connectivity index (χ4n) is 3.19. The van der Waals surface area contributed by atoms with E-state index in [1.807, 2.05) is 12.1 Å². The Labute approximate surface area is 123 Å². The summed E-state index contributed by atoms with van der Waals surface area (Å²) in [5, 5.41) is 2.86. The molecule has 4 heteroatoms. The van der Waals surface area contributed by atoms with Crippen LogP contribution >= 0.6 is 0 Å². The number of rotatable bonds is 1. The van der Waals surface area contributed by atoms with Gasteiger partial charge in [0.25, 0.3) is 0 Å². The average molecular weight is 279 g/mol. The minimum Gasteiger partial charge on any atom is -0.367 e. The van der Waals surface area contributed by atoms with Crippen LogP contribution in [0.25, 0.3) is 0 Å². The molecule has 1 atom stereocenters. The van der Waals surface area contributed by atoms with Crippen LogP contribution < -0.4 is 16.0 Å². The lowest BCUT2D eigenvalue weighted by molar-refractivity contribution is -0.116. The molecule has 0 saturated heterocycles. The molecule has 0 aromatic heterocycles. The number of nitrogens with two attached hydrogens (primary N) is 1. The SMILES string of the molecule is NC1C(=O)Nc2cc(N3CCc4ccccc4C3)ccc21. The second-order valence-corrected chi connectivity index (χ2v) is 5.68. The number of anilines is 2. The Balaban J connectivity index is 1.64. The molecule has 21 heavy (non-hydrogen) atoms. The van der Waals surface area contributed by atoms with Crippen molar-refractivity contribution in [1.29, 1.82) is 0 Å². The first-order valence-corrected chi connectivity index (χ1v) is 7.24. The predicted molar refractivity (Wildman–Crippen MR) is 83.2 cm³/mol. The van der Waals surface area contributed by atoms with Crippen molar-refractivity contribution in [3.05, 3.63) is 59.2 Å². The van der Waals surface area contributed by atoms with Gasteiger partial charge in [-0.25, -0.2) is 0 Å². The molecular weight excluding hydrogens is 262 g/mol. The van der Waals surface area contributed by atoms with Gasteiger partial charge in [0.15, 0.2) is 0 Å². The van der Waals surface area contributed by atoms with Crippen molar-refractivity contribution in [2.75, 3.05) is 16.8 Å². The van der Waals surface area contributed by atoms with Gasteiger partial charge in [-0.15, -0.1) is 0 Å². The molecular formula is C17H17N3O. The van der Waals surface area contributed by atoms with Gasteiger partial charge in [-0.2, -0.15) is 0 Å². The Morgan fingerprint density at radius 1 is 1.14 bits per heavy atom. The van der Waals surface area contributed by atoms with E-state index in [2.05, 4.69) is 40.5 Å². The van der Waals surface area contributed by atoms with Gasteiger partial charge < -0.3 is 16.0 Å². The number of fused-ring (bicyclic) bond motifs is 2. The van der Waals surface area contributed by atoms with Gasteiger partial charge in [0.2, 0.25) is 5.91 Å². The van der Waals surface area contributed by atoms with Crippen LogP contribution in [-0.4, -0.2) is 12.5 Å². The summed E-state index contributed by atoms with van der Waals surface area (Å²) in [6.45, 7) is 1.91. The zero-order valence-corrected chi connectivity index (χ0v) is 11.7. The van der Waals surface area contributed by atoms with Gasteiger partial charge in [-0.05, 0) is 29.7 Å². The molecule has 0 radical (unpaired) electrons. The van der Waals surface area contributed by atoms with E-state index in [4.69, 9.17) is 5.73 Å². The van der Waals surface area contributed by atoms with Gasteiger partial charge >= 0.3 is 0 Å². The number of hydrogen-bond acceptors (Lipinski definition) is 3. The van der Waals surface area contributed by atoms with Crippen LogP contribution in [0.3, 0.4) is 0 Å². The van der Waals surface area contributed by atoms with E-state index < -0.39 is 6.04 Å². The van der Waals surface area contributed by atoms with Crippen LogP contribution in [0.5, 0.6) is 0 Å². The Morgan fingerprint density at radius 3 is 2.81 bits per heavy atom. The smallest absolute Gasteiger partial charge is 0.245 e. The maximum absolute atomic E-state index is 11.6. The molecule has 0 aliphatic carbocycles. The van der Waals surface area contributed by atoms with Crippen LogP contribution in [0.15, 0.2) is 42.5 Å². The molecule has 2 aromatic rings. The Bertz CT molecular complexity index is 726. The van der Waals surface area contributed by atoms with Crippen LogP contribution in [0, 0.1) is 0 Å². The average Bonchev–Trinajstić information content (AvgIpc) is 2.81. The summed E-state index contributed by atoms with van der Waals surface area (Å²) in [6.07, 6.45) is 1.05. The van der Waals surface area contributed by atoms with E-state index in [9.17, 15) is 4.79 Å². The van der Waals surface area contributed by atoms with Crippen LogP contribution in [0.2, 0.25) is 0 Å². The molecule has 0 saturated carbocycles. The third-order valence-electron chi connectivity index (χ3n) is 4.41. The second-order valence-electron chi connectivity index (χ2n) is 5.68. The van der Waals surface area contributed by atoms with Gasteiger partial charge in [0.1, 0.15) is 6.04 Å². The minimum atomic E-state index is -0.531. The summed E-state index contributed by atoms with van der Waals surface area (Å²) in [6, 6.07) is 14.1. The number of hydrogen-bond donors (Lipinski definition) is 2. The molecule has 2 aliphatic heterocycles. The van der Waals surface area contributed by atoms with Gasteiger partial charge in [0.05, 0.1) is 0 Å². The first-order chi connectivity index (χ1) is 10.2. The number of nitrogens with zero attached hydrogens (tertiary/aromatic N) is 1. The number of nitrogens with one attached hydrogen (secondary N) is 1. The Kier molecular flexibility index (Phi) is 2.72. The molecule has 106 valence electrons. The fourth-order valence-corrected chi connectivity index (χ4v) is 3.19. The summed E-state index contributed by atoms with van der Waals surface area (Å²) in [7, 11) is 0. The molecule has 2 heterocycles. The molecule has 2 aliphatic rings. The van der Waals surface area contributed by atoms with Crippen LogP contribution in [0.4, 0.5) is 11.4 Å². The van der Waals surface area contributed by atoms with E-state index in [-0.39, 0.29) is 5.91 Å². The van der Waals surface area contributed by atoms with Crippen molar-refractivity contribution in [1.82, 2.24) is 0 Å². The highest BCUT2D eigenvalue weighted by molar-refractivity contribution is 6.02. The van der Waals surface area contributed by atoms with Crippen molar-refractivity contribution in [3.8, 4) is 0 Å². The largest absolute Gasteiger partial charge is 0.367 e. The molecule has 0 fully saturated rings. The van der Waals surface area contributed by atoms with E-state index in [1.165, 1.54) is 11.1 Å². The fraction of sp³-hybridized carbons (Fsp3) is 0.235. The maximum atomic E-state index is 11.6. The molecule has 0 bridgehead atoms. The Hall–Kier alpha value is -2.33. The monoisotopic (exact) mass is 279 g/mol. The maximum Gasteiger partial charge on any atom is 0.245 e. The lowest BCUT2D eigenvalue weighted by Gasteiger charge is -2.31. The number of benzene rings is 2. The molecule has 4 nitrogen and oxygen atoms in total. The third kappa shape index (κ3) is 1.99. The van der Waals surface area contributed by atoms with Crippen molar-refractivity contribution in [3.63, 3.8) is 0 Å². The zero-order valence-electron chi connectivity index (χ0n) is 11.7. The summed E-state index contributed by atoms with van der Waals surface area (Å²) in [5.74, 6) is -0.119. The van der Waals surface area contributed by atoms with Crippen molar-refractivity contribution >= 4 is 17.3 Å². The highest BCUT2D eigenvalue weighted by atomic mass is 16.2. The summed E-state index contributed by atoms with van der Waals surface area (Å²) < 4.78 is 0. The van der Waals surface area contributed by atoms with Gasteiger partial charge in [-0.3, -0.25) is 4.79 Å². The molecule has 3 N–H and O–H groups in total. The van der Waals surface area contributed by atoms with E-state index >= 15 is 0 Å². The van der Waals surface area contributed by atoms with Crippen molar-refractivity contribution < 1.29 is 4.79 Å². The first-order valence-electron chi connectivity index (χ1n) is 7.24. The molecule has 1 amide bonds. The molecule has 1 unspecified atom stereocenters. The standard InChI is InChI=1S/C17H17N3O/c18-16-14-6-5-13(9-15(14)19-17(16)21)20-8-7-11-3-1-2-4-12(11)10-20/h1-6,9,16H,7-8,10,18H2,(H,19,21). The number of amides is 1. The van der Waals surface area contributed by atoms with E-state index in [0.29, 0.717) is 0 Å². The zero-order chi connectivity index (χ0) is 14.4. The third-order valence-corrected chi connectivity index (χ3v) is 4.41. The summed E-state index contributed by atoms with van der Waals surface area (Å²) >= 11 is 0. The van der Waals surface area contributed by atoms with Crippen LogP contribution in [0.1, 0.15) is 22.7 Å². The highest BCUT2D eigenvalue weighted by Crippen LogP contribution is 2.34. The summed E-state index contributed by atoms with van der Waals surface area (Å²) in [5.41, 5.74) is 11.5. The van der Waals surface area contributed by atoms with Crippen molar-refractivity contribution in [2.24, 2.45) is 5.73 Å². The van der Waals surface area contributed by atoms with Gasteiger partial charge in [0, 0.05) is 30.0 Å². The number of carbonyl (C=O) groups is 1. The first kappa shape index (κ1) is 12.4. The number of carbonyl (C=O) groups excluding carboxylic acids is 1. The molecule has 0 spiro atoms. The topological polar surface area (TPSA) is 58.4 Å². The lowest BCUT2D eigenvalue weighted by atomic mass is 9.99. The van der Waals surface area contributed by atoms with Gasteiger partial charge in [-0.1, -0.05) is 30.3 Å². The predicted octanol–water partition coefficient (Wildman–Crippen LogP) is 2.20. The van der Waals surface area contributed by atoms with E-state index in [0.717, 1.165) is 36.4 Å². The van der Waals surface area contributed by atoms with Crippen molar-refractivity contribution in [2.45, 2.75) is 19.0 Å². The highest BCUT2D eigenvalue weighted by Gasteiger charge is 2.28. The normalized spacial score (nSPS) is 20.0. The molecule has 2 aromatic carbocycles. The summed E-state index contributed by atoms with van der Waals surface area (Å²) in [4.78, 5) is 14.0. The second kappa shape index (κ2) is 4.60. The Morgan fingerprint density at radius 2 is 1.95 bits per heavy atom. The quantitative estimate of drug-likeness (QED) is 0.841. The minimum absolute atomic E-state index is 0.119. The van der Waals surface area contributed by atoms with E-state index in [1.54, 1.807) is 0 Å². The molecule has 4 rings (SSSR count). The lowest BCUT2D eigenvalue weighted by Crippen LogP contribution is -2.30.